The van der Waals surface area contributed by atoms with Gasteiger partial charge in [0.2, 0.25) is 5.91 Å². The standard InChI is InChI=1S/C11H18N2O/c1-2-3-4-5-6-7-11(14)13-9-8-12-10-13/h8-10H,2-7H2,1H3. The lowest BCUT2D eigenvalue weighted by Crippen LogP contribution is -2.07. The van der Waals surface area contributed by atoms with Crippen molar-refractivity contribution in [1.29, 1.82) is 0 Å². The number of aromatic nitrogens is 2. The summed E-state index contributed by atoms with van der Waals surface area (Å²) in [6.07, 6.45) is 11.5. The Kier molecular flexibility index (Phi) is 4.97. The quantitative estimate of drug-likeness (QED) is 0.653. The highest BCUT2D eigenvalue weighted by Crippen LogP contribution is 2.06. The fraction of sp³-hybridized carbons (Fsp3) is 0.636. The summed E-state index contributed by atoms with van der Waals surface area (Å²) in [6.45, 7) is 2.19. The molecule has 3 nitrogen and oxygen atoms in total. The Hall–Kier alpha value is -1.12. The Morgan fingerprint density at radius 3 is 2.71 bits per heavy atom. The largest absolute Gasteiger partial charge is 0.276 e. The molecule has 0 aliphatic heterocycles. The van der Waals surface area contributed by atoms with Crippen molar-refractivity contribution < 1.29 is 4.79 Å². The molecule has 78 valence electrons. The maximum atomic E-state index is 11.5. The van der Waals surface area contributed by atoms with Gasteiger partial charge in [0.25, 0.3) is 0 Å². The molecule has 3 heteroatoms. The van der Waals surface area contributed by atoms with Crippen LogP contribution in [0.5, 0.6) is 0 Å². The van der Waals surface area contributed by atoms with Crippen LogP contribution in [0.15, 0.2) is 18.7 Å². The molecule has 1 aromatic rings. The van der Waals surface area contributed by atoms with Gasteiger partial charge < -0.3 is 0 Å². The summed E-state index contributed by atoms with van der Waals surface area (Å²) < 4.78 is 1.56. The summed E-state index contributed by atoms with van der Waals surface area (Å²) in [4.78, 5) is 15.3. The number of unbranched alkanes of at least 4 members (excludes halogenated alkanes) is 4. The molecule has 0 fully saturated rings. The molecule has 0 radical (unpaired) electrons. The molecule has 0 atom stereocenters. The first-order valence-corrected chi connectivity index (χ1v) is 5.35. The third-order valence-corrected chi connectivity index (χ3v) is 2.29. The molecule has 0 aliphatic rings. The maximum absolute atomic E-state index is 11.5. The molecule has 1 heterocycles. The molecule has 1 rings (SSSR count). The van der Waals surface area contributed by atoms with Crippen molar-refractivity contribution in [3.63, 3.8) is 0 Å². The third-order valence-electron chi connectivity index (χ3n) is 2.29. The van der Waals surface area contributed by atoms with Gasteiger partial charge in [0.1, 0.15) is 6.33 Å². The monoisotopic (exact) mass is 194 g/mol. The molecule has 0 saturated heterocycles. The number of carbonyl (C=O) groups excluding carboxylic acids is 1. The van der Waals surface area contributed by atoms with Gasteiger partial charge in [0, 0.05) is 18.8 Å². The van der Waals surface area contributed by atoms with E-state index in [1.54, 1.807) is 23.3 Å². The van der Waals surface area contributed by atoms with E-state index in [9.17, 15) is 4.79 Å². The lowest BCUT2D eigenvalue weighted by molar-refractivity contribution is 0.0899. The minimum atomic E-state index is 0.152. The summed E-state index contributed by atoms with van der Waals surface area (Å²) in [7, 11) is 0. The molecule has 0 unspecified atom stereocenters. The van der Waals surface area contributed by atoms with Crippen LogP contribution >= 0.6 is 0 Å². The molecule has 0 N–H and O–H groups in total. The minimum absolute atomic E-state index is 0.152. The van der Waals surface area contributed by atoms with E-state index >= 15 is 0 Å². The summed E-state index contributed by atoms with van der Waals surface area (Å²) in [5.41, 5.74) is 0. The lowest BCUT2D eigenvalue weighted by atomic mass is 10.1. The fourth-order valence-electron chi connectivity index (χ4n) is 1.42. The first-order chi connectivity index (χ1) is 6.84. The van der Waals surface area contributed by atoms with Crippen molar-refractivity contribution >= 4 is 5.91 Å². The van der Waals surface area contributed by atoms with Crippen LogP contribution in [-0.2, 0) is 0 Å². The van der Waals surface area contributed by atoms with Gasteiger partial charge in [0.15, 0.2) is 0 Å². The Morgan fingerprint density at radius 2 is 2.07 bits per heavy atom. The molecular weight excluding hydrogens is 176 g/mol. The second kappa shape index (κ2) is 6.35. The van der Waals surface area contributed by atoms with Crippen molar-refractivity contribution in [3.05, 3.63) is 18.7 Å². The number of hydrogen-bond acceptors (Lipinski definition) is 2. The van der Waals surface area contributed by atoms with Crippen LogP contribution in [0, 0.1) is 0 Å². The number of carbonyl (C=O) groups is 1. The van der Waals surface area contributed by atoms with Gasteiger partial charge in [-0.2, -0.15) is 0 Å². The third kappa shape index (κ3) is 3.73. The van der Waals surface area contributed by atoms with Crippen LogP contribution in [0.2, 0.25) is 0 Å². The van der Waals surface area contributed by atoms with Crippen LogP contribution in [0.4, 0.5) is 0 Å². The number of hydrogen-bond donors (Lipinski definition) is 0. The van der Waals surface area contributed by atoms with Gasteiger partial charge >= 0.3 is 0 Å². The second-order valence-corrected chi connectivity index (χ2v) is 3.53. The Labute approximate surface area is 85.2 Å². The van der Waals surface area contributed by atoms with Crippen molar-refractivity contribution in [2.45, 2.75) is 45.4 Å². The van der Waals surface area contributed by atoms with Crippen LogP contribution in [0.1, 0.15) is 50.2 Å². The van der Waals surface area contributed by atoms with E-state index in [0.717, 1.165) is 12.8 Å². The highest BCUT2D eigenvalue weighted by atomic mass is 16.2. The predicted octanol–water partition coefficient (Wildman–Crippen LogP) is 2.88. The van der Waals surface area contributed by atoms with Crippen molar-refractivity contribution in [3.8, 4) is 0 Å². The van der Waals surface area contributed by atoms with Crippen LogP contribution in [-0.4, -0.2) is 15.5 Å². The Bertz CT molecular complexity index is 254. The highest BCUT2D eigenvalue weighted by molar-refractivity contribution is 5.78. The average Bonchev–Trinajstić information content (AvgIpc) is 2.70. The predicted molar refractivity (Wildman–Crippen MR) is 56.2 cm³/mol. The Balaban J connectivity index is 2.10. The molecule has 0 spiro atoms. The van der Waals surface area contributed by atoms with Gasteiger partial charge in [-0.05, 0) is 6.42 Å². The highest BCUT2D eigenvalue weighted by Gasteiger charge is 2.02. The molecule has 1 aromatic heterocycles. The zero-order chi connectivity index (χ0) is 10.2. The smallest absolute Gasteiger partial charge is 0.231 e. The summed E-state index contributed by atoms with van der Waals surface area (Å²) >= 11 is 0. The fourth-order valence-corrected chi connectivity index (χ4v) is 1.42. The van der Waals surface area contributed by atoms with E-state index in [1.165, 1.54) is 19.3 Å². The zero-order valence-electron chi connectivity index (χ0n) is 8.78. The summed E-state index contributed by atoms with van der Waals surface area (Å²) in [5, 5.41) is 0. The molecule has 0 saturated carbocycles. The van der Waals surface area contributed by atoms with Crippen molar-refractivity contribution in [1.82, 2.24) is 9.55 Å². The second-order valence-electron chi connectivity index (χ2n) is 3.53. The van der Waals surface area contributed by atoms with Gasteiger partial charge in [-0.1, -0.05) is 32.6 Å². The molecule has 0 bridgehead atoms. The van der Waals surface area contributed by atoms with Gasteiger partial charge in [-0.25, -0.2) is 4.98 Å². The molecule has 0 aliphatic carbocycles. The molecule has 0 amide bonds. The zero-order valence-corrected chi connectivity index (χ0v) is 8.78. The first-order valence-electron chi connectivity index (χ1n) is 5.35. The lowest BCUT2D eigenvalue weighted by Gasteiger charge is -2.00. The number of rotatable bonds is 6. The summed E-state index contributed by atoms with van der Waals surface area (Å²) in [6, 6.07) is 0. The van der Waals surface area contributed by atoms with Gasteiger partial charge in [-0.3, -0.25) is 9.36 Å². The van der Waals surface area contributed by atoms with Crippen LogP contribution in [0.25, 0.3) is 0 Å². The van der Waals surface area contributed by atoms with Gasteiger partial charge in [-0.15, -0.1) is 0 Å². The topological polar surface area (TPSA) is 34.9 Å². The average molecular weight is 194 g/mol. The molecule has 14 heavy (non-hydrogen) atoms. The Morgan fingerprint density at radius 1 is 1.29 bits per heavy atom. The SMILES string of the molecule is CCCCCCCC(=O)n1ccnc1. The van der Waals surface area contributed by atoms with Crippen molar-refractivity contribution in [2.75, 3.05) is 0 Å². The molecule has 0 aromatic carbocycles. The minimum Gasteiger partial charge on any atom is -0.276 e. The van der Waals surface area contributed by atoms with E-state index in [-0.39, 0.29) is 5.91 Å². The summed E-state index contributed by atoms with van der Waals surface area (Å²) in [5.74, 6) is 0.152. The first kappa shape index (κ1) is 11.0. The van der Waals surface area contributed by atoms with Crippen LogP contribution in [0.3, 0.4) is 0 Å². The number of imidazole rings is 1. The van der Waals surface area contributed by atoms with E-state index in [1.807, 2.05) is 0 Å². The van der Waals surface area contributed by atoms with E-state index in [4.69, 9.17) is 0 Å². The maximum Gasteiger partial charge on any atom is 0.231 e. The van der Waals surface area contributed by atoms with E-state index in [0.29, 0.717) is 6.42 Å². The van der Waals surface area contributed by atoms with E-state index < -0.39 is 0 Å². The van der Waals surface area contributed by atoms with Crippen LogP contribution < -0.4 is 0 Å². The normalized spacial score (nSPS) is 10.4. The van der Waals surface area contributed by atoms with Gasteiger partial charge in [0.05, 0.1) is 0 Å². The van der Waals surface area contributed by atoms with Crippen molar-refractivity contribution in [2.24, 2.45) is 0 Å². The van der Waals surface area contributed by atoms with E-state index in [2.05, 4.69) is 11.9 Å². The number of nitrogens with zero attached hydrogens (tertiary/aromatic N) is 2. The molecular formula is C11H18N2O.